The van der Waals surface area contributed by atoms with Gasteiger partial charge in [0.15, 0.2) is 0 Å². The van der Waals surface area contributed by atoms with Gasteiger partial charge in [0.1, 0.15) is 0 Å². The summed E-state index contributed by atoms with van der Waals surface area (Å²) >= 11 is 0. The van der Waals surface area contributed by atoms with Crippen molar-refractivity contribution in [3.8, 4) is 0 Å². The quantitative estimate of drug-likeness (QED) is 0.421. The van der Waals surface area contributed by atoms with Gasteiger partial charge in [-0.25, -0.2) is 0 Å². The zero-order valence-electron chi connectivity index (χ0n) is 22.2. The summed E-state index contributed by atoms with van der Waals surface area (Å²) in [4.78, 5) is 0. The Morgan fingerprint density at radius 1 is 0.968 bits per heavy atom. The predicted octanol–water partition coefficient (Wildman–Crippen LogP) is 7.88. The molecule has 3 unspecified atom stereocenters. The lowest BCUT2D eigenvalue weighted by Gasteiger charge is -2.57. The van der Waals surface area contributed by atoms with Crippen LogP contribution in [0.1, 0.15) is 119 Å². The number of methoxy groups -OCH3 is 1. The molecule has 2 heteroatoms. The van der Waals surface area contributed by atoms with Crippen LogP contribution in [0.5, 0.6) is 0 Å². The highest BCUT2D eigenvalue weighted by atomic mass is 16.5. The molecule has 0 bridgehead atoms. The predicted molar refractivity (Wildman–Crippen MR) is 132 cm³/mol. The Kier molecular flexibility index (Phi) is 7.65. The van der Waals surface area contributed by atoms with E-state index in [1.54, 1.807) is 0 Å². The Bertz CT molecular complexity index is 596. The summed E-state index contributed by atoms with van der Waals surface area (Å²) in [5, 5.41) is 10.3. The van der Waals surface area contributed by atoms with E-state index in [0.717, 1.165) is 23.7 Å². The van der Waals surface area contributed by atoms with E-state index < -0.39 is 0 Å². The summed E-state index contributed by atoms with van der Waals surface area (Å²) in [5.74, 6) is 2.98. The fourth-order valence-corrected chi connectivity index (χ4v) is 9.10. The van der Waals surface area contributed by atoms with E-state index in [2.05, 4.69) is 48.5 Å². The summed E-state index contributed by atoms with van der Waals surface area (Å²) in [6.45, 7) is 18.0. The normalized spacial score (nSPS) is 42.9. The molecule has 0 aliphatic heterocycles. The van der Waals surface area contributed by atoms with Crippen LogP contribution < -0.4 is 0 Å². The molecule has 0 heterocycles. The molecule has 3 aliphatic rings. The van der Waals surface area contributed by atoms with Gasteiger partial charge in [-0.2, -0.15) is 0 Å². The first-order valence-electron chi connectivity index (χ1n) is 13.6. The maximum atomic E-state index is 10.3. The average molecular weight is 435 g/mol. The van der Waals surface area contributed by atoms with Gasteiger partial charge in [-0.3, -0.25) is 0 Å². The summed E-state index contributed by atoms with van der Waals surface area (Å²) in [7, 11) is 1.92. The van der Waals surface area contributed by atoms with Crippen molar-refractivity contribution in [3.63, 3.8) is 0 Å². The molecule has 7 atom stereocenters. The lowest BCUT2D eigenvalue weighted by molar-refractivity contribution is -0.134. The summed E-state index contributed by atoms with van der Waals surface area (Å²) in [5.41, 5.74) is 1.31. The van der Waals surface area contributed by atoms with Crippen LogP contribution in [-0.4, -0.2) is 24.9 Å². The average Bonchev–Trinajstić information content (AvgIpc) is 3.14. The Balaban J connectivity index is 1.77. The number of rotatable bonds is 8. The molecule has 0 aromatic carbocycles. The van der Waals surface area contributed by atoms with E-state index in [-0.39, 0.29) is 10.8 Å². The molecular formula is C29H54O2. The van der Waals surface area contributed by atoms with Gasteiger partial charge < -0.3 is 9.84 Å². The van der Waals surface area contributed by atoms with E-state index in [4.69, 9.17) is 4.74 Å². The van der Waals surface area contributed by atoms with Crippen molar-refractivity contribution in [1.82, 2.24) is 0 Å². The zero-order valence-corrected chi connectivity index (χ0v) is 22.2. The number of ether oxygens (including phenoxy) is 1. The molecule has 3 fully saturated rings. The molecule has 3 aliphatic carbocycles. The van der Waals surface area contributed by atoms with E-state index in [1.807, 2.05) is 7.11 Å². The van der Waals surface area contributed by atoms with Crippen LogP contribution in [-0.2, 0) is 4.74 Å². The Hall–Kier alpha value is -0.0800. The first-order valence-corrected chi connectivity index (χ1v) is 13.6. The van der Waals surface area contributed by atoms with Crippen LogP contribution in [0, 0.1) is 45.3 Å². The van der Waals surface area contributed by atoms with Gasteiger partial charge in [0.05, 0.1) is 6.10 Å². The third-order valence-electron chi connectivity index (χ3n) is 11.4. The van der Waals surface area contributed by atoms with Crippen molar-refractivity contribution in [1.29, 1.82) is 0 Å². The minimum absolute atomic E-state index is 0.244. The molecule has 0 amide bonds. The van der Waals surface area contributed by atoms with Crippen molar-refractivity contribution in [2.24, 2.45) is 45.3 Å². The van der Waals surface area contributed by atoms with Crippen LogP contribution in [0.25, 0.3) is 0 Å². The molecular weight excluding hydrogens is 380 g/mol. The maximum absolute atomic E-state index is 10.3. The van der Waals surface area contributed by atoms with Gasteiger partial charge in [0.2, 0.25) is 0 Å². The van der Waals surface area contributed by atoms with Gasteiger partial charge in [0.25, 0.3) is 0 Å². The standard InChI is InChI=1S/C29H54O2/c1-9-11-24-27(5,6)25(31-8)15-17-28(24,7)21(2)13-14-22-23-12-10-16-29(23,20-30)19-18-26(22,3)4/h21-25,30H,9-20H2,1-8H3/t21?,22-,23?,24?,25+,28-,29-/m1/s1. The van der Waals surface area contributed by atoms with Crippen LogP contribution in [0.2, 0.25) is 0 Å². The summed E-state index contributed by atoms with van der Waals surface area (Å²) in [6, 6.07) is 0. The third-order valence-corrected chi connectivity index (χ3v) is 11.4. The number of hydrogen-bond acceptors (Lipinski definition) is 2. The Labute approximate surface area is 194 Å². The molecule has 3 saturated carbocycles. The highest BCUT2D eigenvalue weighted by Gasteiger charge is 2.55. The molecule has 182 valence electrons. The SMILES string of the molecule is CCCC1C(C)(C)[C@@H](OC)CC[C@]1(C)C(C)CC[C@@H]1C2CCC[C@]2(CO)CCC1(C)C. The van der Waals surface area contributed by atoms with Crippen molar-refractivity contribution in [2.75, 3.05) is 13.7 Å². The second kappa shape index (κ2) is 9.28. The van der Waals surface area contributed by atoms with Crippen LogP contribution in [0.4, 0.5) is 0 Å². The molecule has 31 heavy (non-hydrogen) atoms. The molecule has 0 saturated heterocycles. The van der Waals surface area contributed by atoms with Crippen LogP contribution in [0.3, 0.4) is 0 Å². The monoisotopic (exact) mass is 434 g/mol. The van der Waals surface area contributed by atoms with Gasteiger partial charge in [-0.15, -0.1) is 0 Å². The third kappa shape index (κ3) is 4.39. The number of fused-ring (bicyclic) bond motifs is 1. The highest BCUT2D eigenvalue weighted by Crippen LogP contribution is 2.62. The Morgan fingerprint density at radius 3 is 2.29 bits per heavy atom. The Morgan fingerprint density at radius 2 is 1.68 bits per heavy atom. The molecule has 2 nitrogen and oxygen atoms in total. The van der Waals surface area contributed by atoms with Gasteiger partial charge in [-0.05, 0) is 103 Å². The van der Waals surface area contributed by atoms with E-state index in [9.17, 15) is 5.11 Å². The fraction of sp³-hybridized carbons (Fsp3) is 1.00. The maximum Gasteiger partial charge on any atom is 0.0625 e. The second-order valence-corrected chi connectivity index (χ2v) is 13.5. The van der Waals surface area contributed by atoms with E-state index >= 15 is 0 Å². The molecule has 0 spiro atoms. The lowest BCUT2D eigenvalue weighted by Crippen LogP contribution is -2.53. The smallest absolute Gasteiger partial charge is 0.0625 e. The molecule has 3 rings (SSSR count). The van der Waals surface area contributed by atoms with Gasteiger partial charge in [-0.1, -0.05) is 61.3 Å². The summed E-state index contributed by atoms with van der Waals surface area (Å²) < 4.78 is 5.99. The first kappa shape index (κ1) is 25.5. The van der Waals surface area contributed by atoms with E-state index in [0.29, 0.717) is 23.5 Å². The molecule has 0 aromatic rings. The fourth-order valence-electron chi connectivity index (χ4n) is 9.10. The van der Waals surface area contributed by atoms with Gasteiger partial charge >= 0.3 is 0 Å². The number of aliphatic hydroxyl groups is 1. The molecule has 0 radical (unpaired) electrons. The van der Waals surface area contributed by atoms with Crippen LogP contribution in [0.15, 0.2) is 0 Å². The van der Waals surface area contributed by atoms with Crippen molar-refractivity contribution in [2.45, 2.75) is 125 Å². The number of aliphatic hydroxyl groups excluding tert-OH is 1. The van der Waals surface area contributed by atoms with E-state index in [1.165, 1.54) is 70.6 Å². The largest absolute Gasteiger partial charge is 0.396 e. The minimum atomic E-state index is 0.244. The highest BCUT2D eigenvalue weighted by molar-refractivity contribution is 5.05. The minimum Gasteiger partial charge on any atom is -0.396 e. The van der Waals surface area contributed by atoms with Crippen molar-refractivity contribution in [3.05, 3.63) is 0 Å². The lowest BCUT2D eigenvalue weighted by atomic mass is 9.49. The second-order valence-electron chi connectivity index (χ2n) is 13.5. The van der Waals surface area contributed by atoms with Crippen molar-refractivity contribution >= 4 is 0 Å². The van der Waals surface area contributed by atoms with Gasteiger partial charge in [0, 0.05) is 13.7 Å². The molecule has 0 aromatic heterocycles. The molecule has 1 N–H and O–H groups in total. The summed E-state index contributed by atoms with van der Waals surface area (Å²) in [6.07, 6.45) is 14.7. The zero-order chi connectivity index (χ0) is 23.1. The van der Waals surface area contributed by atoms with Crippen LogP contribution >= 0.6 is 0 Å². The van der Waals surface area contributed by atoms with Crippen molar-refractivity contribution < 1.29 is 9.84 Å². The number of hydrogen-bond donors (Lipinski definition) is 1. The topological polar surface area (TPSA) is 29.5 Å². The first-order chi connectivity index (χ1) is 14.5.